The standard InChI is InChI=1S/C16H23FN2/c1-4-18-13(3)14-8-5-9-15(17)16(14)19-10-6-7-12(2)11-19/h5,7-9,13,18H,4,6,10-11H2,1-3H3. The lowest BCUT2D eigenvalue weighted by Gasteiger charge is -2.32. The third-order valence-corrected chi connectivity index (χ3v) is 3.64. The first kappa shape index (κ1) is 14.1. The van der Waals surface area contributed by atoms with E-state index in [-0.39, 0.29) is 11.9 Å². The van der Waals surface area contributed by atoms with Gasteiger partial charge in [0.25, 0.3) is 0 Å². The monoisotopic (exact) mass is 262 g/mol. The van der Waals surface area contributed by atoms with E-state index in [9.17, 15) is 4.39 Å². The van der Waals surface area contributed by atoms with Crippen molar-refractivity contribution in [1.82, 2.24) is 5.32 Å². The molecule has 1 atom stereocenters. The Morgan fingerprint density at radius 3 is 2.89 bits per heavy atom. The number of para-hydroxylation sites is 1. The average Bonchev–Trinajstić information content (AvgIpc) is 2.38. The molecule has 3 heteroatoms. The van der Waals surface area contributed by atoms with Crippen LogP contribution in [0.25, 0.3) is 0 Å². The highest BCUT2D eigenvalue weighted by Gasteiger charge is 2.20. The fourth-order valence-corrected chi connectivity index (χ4v) is 2.73. The molecule has 0 bridgehead atoms. The van der Waals surface area contributed by atoms with Gasteiger partial charge in [0.05, 0.1) is 5.69 Å². The van der Waals surface area contributed by atoms with Gasteiger partial charge in [-0.2, -0.15) is 0 Å². The number of nitrogens with one attached hydrogen (secondary N) is 1. The molecule has 0 saturated carbocycles. The molecule has 1 aromatic carbocycles. The van der Waals surface area contributed by atoms with Gasteiger partial charge < -0.3 is 10.2 Å². The molecule has 0 spiro atoms. The maximum absolute atomic E-state index is 14.3. The maximum Gasteiger partial charge on any atom is 0.146 e. The van der Waals surface area contributed by atoms with Gasteiger partial charge in [0.15, 0.2) is 0 Å². The first-order chi connectivity index (χ1) is 9.13. The number of hydrogen-bond donors (Lipinski definition) is 1. The van der Waals surface area contributed by atoms with Gasteiger partial charge in [-0.05, 0) is 38.4 Å². The van der Waals surface area contributed by atoms with E-state index in [1.807, 2.05) is 6.07 Å². The quantitative estimate of drug-likeness (QED) is 0.833. The molecule has 0 fully saturated rings. The summed E-state index contributed by atoms with van der Waals surface area (Å²) in [6.45, 7) is 8.88. The van der Waals surface area contributed by atoms with Crippen molar-refractivity contribution in [3.05, 3.63) is 41.2 Å². The summed E-state index contributed by atoms with van der Waals surface area (Å²) < 4.78 is 14.3. The highest BCUT2D eigenvalue weighted by molar-refractivity contribution is 5.57. The van der Waals surface area contributed by atoms with E-state index >= 15 is 0 Å². The summed E-state index contributed by atoms with van der Waals surface area (Å²) in [6, 6.07) is 5.56. The number of nitrogens with zero attached hydrogens (tertiary/aromatic N) is 1. The minimum atomic E-state index is -0.114. The zero-order valence-electron chi connectivity index (χ0n) is 12.0. The van der Waals surface area contributed by atoms with Crippen molar-refractivity contribution in [2.45, 2.75) is 33.2 Å². The van der Waals surface area contributed by atoms with Crippen LogP contribution in [-0.4, -0.2) is 19.6 Å². The van der Waals surface area contributed by atoms with E-state index in [1.54, 1.807) is 12.1 Å². The summed E-state index contributed by atoms with van der Waals surface area (Å²) in [7, 11) is 0. The lowest BCUT2D eigenvalue weighted by molar-refractivity contribution is 0.576. The van der Waals surface area contributed by atoms with Gasteiger partial charge in [0, 0.05) is 19.1 Å². The first-order valence-electron chi connectivity index (χ1n) is 7.05. The Hall–Kier alpha value is -1.35. The van der Waals surface area contributed by atoms with Crippen LogP contribution in [0.1, 0.15) is 38.8 Å². The van der Waals surface area contributed by atoms with Crippen molar-refractivity contribution in [2.75, 3.05) is 24.5 Å². The third kappa shape index (κ3) is 3.16. The van der Waals surface area contributed by atoms with Gasteiger partial charge in [-0.25, -0.2) is 4.39 Å². The Labute approximate surface area is 115 Å². The Morgan fingerprint density at radius 2 is 2.21 bits per heavy atom. The van der Waals surface area contributed by atoms with Crippen molar-refractivity contribution in [1.29, 1.82) is 0 Å². The zero-order valence-corrected chi connectivity index (χ0v) is 12.0. The molecule has 2 nitrogen and oxygen atoms in total. The number of halogens is 1. The first-order valence-corrected chi connectivity index (χ1v) is 7.05. The largest absolute Gasteiger partial charge is 0.365 e. The predicted octanol–water partition coefficient (Wildman–Crippen LogP) is 3.65. The van der Waals surface area contributed by atoms with E-state index in [4.69, 9.17) is 0 Å². The van der Waals surface area contributed by atoms with Crippen LogP contribution in [-0.2, 0) is 0 Å². The van der Waals surface area contributed by atoms with Crippen LogP contribution in [0.15, 0.2) is 29.8 Å². The summed E-state index contributed by atoms with van der Waals surface area (Å²) in [4.78, 5) is 2.16. The highest BCUT2D eigenvalue weighted by Crippen LogP contribution is 2.31. The minimum Gasteiger partial charge on any atom is -0.365 e. The van der Waals surface area contributed by atoms with E-state index in [2.05, 4.69) is 37.1 Å². The van der Waals surface area contributed by atoms with Crippen LogP contribution in [0.5, 0.6) is 0 Å². The Bertz CT molecular complexity index is 468. The fourth-order valence-electron chi connectivity index (χ4n) is 2.73. The van der Waals surface area contributed by atoms with Crippen LogP contribution >= 0.6 is 0 Å². The van der Waals surface area contributed by atoms with Crippen LogP contribution in [0, 0.1) is 5.82 Å². The maximum atomic E-state index is 14.3. The molecule has 1 aliphatic heterocycles. The summed E-state index contributed by atoms with van der Waals surface area (Å²) >= 11 is 0. The normalized spacial score (nSPS) is 17.3. The Kier molecular flexibility index (Phi) is 4.59. The SMILES string of the molecule is CCNC(C)c1cccc(F)c1N1CCC=C(C)C1. The topological polar surface area (TPSA) is 15.3 Å². The van der Waals surface area contributed by atoms with Crippen LogP contribution < -0.4 is 10.2 Å². The third-order valence-electron chi connectivity index (χ3n) is 3.64. The molecule has 1 aromatic rings. The van der Waals surface area contributed by atoms with Gasteiger partial charge in [-0.1, -0.05) is 30.7 Å². The molecule has 0 saturated heterocycles. The smallest absolute Gasteiger partial charge is 0.146 e. The molecule has 1 N–H and O–H groups in total. The molecular formula is C16H23FN2. The molecule has 19 heavy (non-hydrogen) atoms. The van der Waals surface area contributed by atoms with Gasteiger partial charge in [0.2, 0.25) is 0 Å². The number of hydrogen-bond acceptors (Lipinski definition) is 2. The van der Waals surface area contributed by atoms with Crippen molar-refractivity contribution in [3.8, 4) is 0 Å². The van der Waals surface area contributed by atoms with Crippen LogP contribution in [0.4, 0.5) is 10.1 Å². The average molecular weight is 262 g/mol. The second-order valence-corrected chi connectivity index (χ2v) is 5.22. The molecule has 104 valence electrons. The van der Waals surface area contributed by atoms with Crippen molar-refractivity contribution in [2.24, 2.45) is 0 Å². The van der Waals surface area contributed by atoms with E-state index < -0.39 is 0 Å². The molecule has 1 aliphatic rings. The zero-order chi connectivity index (χ0) is 13.8. The van der Waals surface area contributed by atoms with Crippen molar-refractivity contribution >= 4 is 5.69 Å². The fraction of sp³-hybridized carbons (Fsp3) is 0.500. The van der Waals surface area contributed by atoms with Crippen LogP contribution in [0.2, 0.25) is 0 Å². The van der Waals surface area contributed by atoms with Gasteiger partial charge in [-0.3, -0.25) is 0 Å². The summed E-state index contributed by atoms with van der Waals surface area (Å²) in [6.07, 6.45) is 3.24. The molecule has 0 radical (unpaired) electrons. The Morgan fingerprint density at radius 1 is 1.42 bits per heavy atom. The lowest BCUT2D eigenvalue weighted by Crippen LogP contribution is -2.32. The molecule has 0 amide bonds. The second kappa shape index (κ2) is 6.20. The van der Waals surface area contributed by atoms with Gasteiger partial charge in [0.1, 0.15) is 5.82 Å². The molecule has 1 heterocycles. The van der Waals surface area contributed by atoms with Gasteiger partial charge in [-0.15, -0.1) is 0 Å². The summed E-state index contributed by atoms with van der Waals surface area (Å²) in [5, 5.41) is 3.37. The molecule has 2 rings (SSSR count). The van der Waals surface area contributed by atoms with Gasteiger partial charge >= 0.3 is 0 Å². The lowest BCUT2D eigenvalue weighted by atomic mass is 10.0. The van der Waals surface area contributed by atoms with E-state index in [0.717, 1.165) is 37.3 Å². The van der Waals surface area contributed by atoms with Crippen LogP contribution in [0.3, 0.4) is 0 Å². The van der Waals surface area contributed by atoms with Crippen molar-refractivity contribution in [3.63, 3.8) is 0 Å². The minimum absolute atomic E-state index is 0.114. The molecule has 0 aromatic heterocycles. The molecule has 1 unspecified atom stereocenters. The number of benzene rings is 1. The number of anilines is 1. The predicted molar refractivity (Wildman–Crippen MR) is 79.1 cm³/mol. The van der Waals surface area contributed by atoms with E-state index in [0.29, 0.717) is 0 Å². The highest BCUT2D eigenvalue weighted by atomic mass is 19.1. The van der Waals surface area contributed by atoms with Crippen molar-refractivity contribution < 1.29 is 4.39 Å². The Balaban J connectivity index is 2.35. The second-order valence-electron chi connectivity index (χ2n) is 5.22. The molecule has 0 aliphatic carbocycles. The summed E-state index contributed by atoms with van der Waals surface area (Å²) in [5.74, 6) is -0.114. The van der Waals surface area contributed by atoms with E-state index in [1.165, 1.54) is 5.57 Å². The number of rotatable bonds is 4. The molecular weight excluding hydrogens is 239 g/mol. The summed E-state index contributed by atoms with van der Waals surface area (Å²) in [5.41, 5.74) is 3.14.